The molecule has 1 aliphatic rings. The molecular weight excluding hydrogens is 279 g/mol. The molecule has 3 nitrogen and oxygen atoms in total. The summed E-state index contributed by atoms with van der Waals surface area (Å²) in [5.41, 5.74) is 0.903. The fourth-order valence-electron chi connectivity index (χ4n) is 2.39. The van der Waals surface area contributed by atoms with Gasteiger partial charge in [0.25, 0.3) is 0 Å². The van der Waals surface area contributed by atoms with Crippen LogP contribution >= 0.6 is 0 Å². The van der Waals surface area contributed by atoms with Gasteiger partial charge in [-0.05, 0) is 43.7 Å². The lowest BCUT2D eigenvalue weighted by molar-refractivity contribution is -0.137. The van der Waals surface area contributed by atoms with E-state index in [2.05, 4.69) is 10.4 Å². The Bertz CT molecular complexity index is 642. The van der Waals surface area contributed by atoms with Crippen LogP contribution in [0.5, 0.6) is 0 Å². The quantitative estimate of drug-likeness (QED) is 0.935. The number of rotatable bonds is 4. The standard InChI is InChI=1S/C15H16F3N3/c1-19-9-10-2-5-14(12(8-10)15(16,17)18)21-7-6-13(20-21)11-3-4-11/h2,5-8,11,19H,3-4,9H2,1H3. The number of nitrogens with zero attached hydrogens (tertiary/aromatic N) is 2. The van der Waals surface area contributed by atoms with E-state index >= 15 is 0 Å². The third-order valence-corrected chi connectivity index (χ3v) is 3.60. The Balaban J connectivity index is 2.02. The lowest BCUT2D eigenvalue weighted by atomic mass is 10.1. The van der Waals surface area contributed by atoms with Gasteiger partial charge in [-0.25, -0.2) is 4.68 Å². The zero-order valence-corrected chi connectivity index (χ0v) is 11.6. The molecule has 0 bridgehead atoms. The van der Waals surface area contributed by atoms with Gasteiger partial charge in [0.05, 0.1) is 16.9 Å². The Labute approximate surface area is 120 Å². The summed E-state index contributed by atoms with van der Waals surface area (Å²) in [6.45, 7) is 0.399. The zero-order chi connectivity index (χ0) is 15.0. The topological polar surface area (TPSA) is 29.9 Å². The van der Waals surface area contributed by atoms with Gasteiger partial charge >= 0.3 is 6.18 Å². The molecule has 6 heteroatoms. The second-order valence-electron chi connectivity index (χ2n) is 5.34. The number of hydrogen-bond donors (Lipinski definition) is 1. The highest BCUT2D eigenvalue weighted by molar-refractivity contribution is 5.45. The van der Waals surface area contributed by atoms with Gasteiger partial charge in [0.15, 0.2) is 0 Å². The minimum Gasteiger partial charge on any atom is -0.316 e. The molecule has 1 saturated carbocycles. The van der Waals surface area contributed by atoms with Crippen molar-refractivity contribution in [2.45, 2.75) is 31.5 Å². The molecule has 112 valence electrons. The molecule has 21 heavy (non-hydrogen) atoms. The third-order valence-electron chi connectivity index (χ3n) is 3.60. The molecule has 0 unspecified atom stereocenters. The monoisotopic (exact) mass is 295 g/mol. The summed E-state index contributed by atoms with van der Waals surface area (Å²) in [7, 11) is 1.70. The summed E-state index contributed by atoms with van der Waals surface area (Å²) in [4.78, 5) is 0. The van der Waals surface area contributed by atoms with Crippen molar-refractivity contribution in [2.75, 3.05) is 7.05 Å². The van der Waals surface area contributed by atoms with Crippen LogP contribution in [0.3, 0.4) is 0 Å². The van der Waals surface area contributed by atoms with Crippen molar-refractivity contribution in [2.24, 2.45) is 0 Å². The molecule has 0 spiro atoms. The van der Waals surface area contributed by atoms with Gasteiger partial charge in [0.2, 0.25) is 0 Å². The predicted octanol–water partition coefficient (Wildman–Crippen LogP) is 3.49. The summed E-state index contributed by atoms with van der Waals surface area (Å²) < 4.78 is 41.1. The van der Waals surface area contributed by atoms with Gasteiger partial charge in [-0.2, -0.15) is 18.3 Å². The van der Waals surface area contributed by atoms with E-state index in [1.807, 2.05) is 0 Å². The Morgan fingerprint density at radius 1 is 1.29 bits per heavy atom. The first-order valence-electron chi connectivity index (χ1n) is 6.89. The van der Waals surface area contributed by atoms with Crippen LogP contribution in [0.25, 0.3) is 5.69 Å². The molecule has 3 rings (SSSR count). The van der Waals surface area contributed by atoms with Crippen molar-refractivity contribution in [3.05, 3.63) is 47.3 Å². The molecule has 1 aromatic heterocycles. The molecule has 1 aliphatic carbocycles. The van der Waals surface area contributed by atoms with E-state index in [9.17, 15) is 13.2 Å². The maximum Gasteiger partial charge on any atom is 0.418 e. The molecule has 0 aliphatic heterocycles. The van der Waals surface area contributed by atoms with Crippen LogP contribution in [-0.2, 0) is 12.7 Å². The van der Waals surface area contributed by atoms with Crippen LogP contribution in [-0.4, -0.2) is 16.8 Å². The molecule has 1 aromatic carbocycles. The Hall–Kier alpha value is -1.82. The lowest BCUT2D eigenvalue weighted by Crippen LogP contribution is -2.13. The minimum atomic E-state index is -4.40. The van der Waals surface area contributed by atoms with Crippen LogP contribution < -0.4 is 5.32 Å². The van der Waals surface area contributed by atoms with Crippen molar-refractivity contribution in [1.29, 1.82) is 0 Å². The van der Waals surface area contributed by atoms with Crippen LogP contribution in [0.15, 0.2) is 30.5 Å². The van der Waals surface area contributed by atoms with Crippen LogP contribution in [0.2, 0.25) is 0 Å². The largest absolute Gasteiger partial charge is 0.418 e. The molecular formula is C15H16F3N3. The normalized spacial score (nSPS) is 15.4. The van der Waals surface area contributed by atoms with E-state index in [-0.39, 0.29) is 5.69 Å². The van der Waals surface area contributed by atoms with Gasteiger partial charge in [0, 0.05) is 18.7 Å². The van der Waals surface area contributed by atoms with Gasteiger partial charge in [0.1, 0.15) is 0 Å². The molecule has 1 heterocycles. The molecule has 2 aromatic rings. The second kappa shape index (κ2) is 5.18. The van der Waals surface area contributed by atoms with E-state index in [0.29, 0.717) is 18.0 Å². The summed E-state index contributed by atoms with van der Waals surface area (Å²) in [5, 5.41) is 7.15. The van der Waals surface area contributed by atoms with Crippen molar-refractivity contribution in [3.63, 3.8) is 0 Å². The SMILES string of the molecule is CNCc1ccc(-n2ccc(C3CC3)n2)c(C(F)(F)F)c1. The van der Waals surface area contributed by atoms with Gasteiger partial charge in [-0.3, -0.25) is 0 Å². The number of nitrogens with one attached hydrogen (secondary N) is 1. The number of halogens is 3. The fraction of sp³-hybridized carbons (Fsp3) is 0.400. The Kier molecular flexibility index (Phi) is 3.49. The first kappa shape index (κ1) is 14.1. The summed E-state index contributed by atoms with van der Waals surface area (Å²) >= 11 is 0. The zero-order valence-electron chi connectivity index (χ0n) is 11.6. The molecule has 1 N–H and O–H groups in total. The highest BCUT2D eigenvalue weighted by Gasteiger charge is 2.35. The average molecular weight is 295 g/mol. The van der Waals surface area contributed by atoms with E-state index < -0.39 is 11.7 Å². The first-order chi connectivity index (χ1) is 9.99. The predicted molar refractivity (Wildman–Crippen MR) is 73.3 cm³/mol. The van der Waals surface area contributed by atoms with Crippen molar-refractivity contribution in [3.8, 4) is 5.69 Å². The molecule has 0 radical (unpaired) electrons. The third kappa shape index (κ3) is 2.95. The van der Waals surface area contributed by atoms with Gasteiger partial charge < -0.3 is 5.32 Å². The van der Waals surface area contributed by atoms with Gasteiger partial charge in [-0.1, -0.05) is 6.07 Å². The lowest BCUT2D eigenvalue weighted by Gasteiger charge is -2.14. The molecule has 0 amide bonds. The minimum absolute atomic E-state index is 0.0780. The van der Waals surface area contributed by atoms with E-state index in [1.165, 1.54) is 16.8 Å². The van der Waals surface area contributed by atoms with E-state index in [0.717, 1.165) is 18.5 Å². The first-order valence-corrected chi connectivity index (χ1v) is 6.89. The summed E-state index contributed by atoms with van der Waals surface area (Å²) in [6, 6.07) is 6.17. The van der Waals surface area contributed by atoms with E-state index in [4.69, 9.17) is 0 Å². The summed E-state index contributed by atoms with van der Waals surface area (Å²) in [5.74, 6) is 0.421. The van der Waals surface area contributed by atoms with E-state index in [1.54, 1.807) is 25.4 Å². The van der Waals surface area contributed by atoms with Gasteiger partial charge in [-0.15, -0.1) is 0 Å². The van der Waals surface area contributed by atoms with Crippen LogP contribution in [0, 0.1) is 0 Å². The number of alkyl halides is 3. The molecule has 0 saturated heterocycles. The maximum absolute atomic E-state index is 13.3. The van der Waals surface area contributed by atoms with Crippen LogP contribution in [0.4, 0.5) is 13.2 Å². The molecule has 0 atom stereocenters. The Morgan fingerprint density at radius 2 is 2.05 bits per heavy atom. The second-order valence-corrected chi connectivity index (χ2v) is 5.34. The number of hydrogen-bond acceptors (Lipinski definition) is 2. The maximum atomic E-state index is 13.3. The highest BCUT2D eigenvalue weighted by Crippen LogP contribution is 2.40. The highest BCUT2D eigenvalue weighted by atomic mass is 19.4. The van der Waals surface area contributed by atoms with Crippen molar-refractivity contribution < 1.29 is 13.2 Å². The number of benzene rings is 1. The van der Waals surface area contributed by atoms with Crippen molar-refractivity contribution >= 4 is 0 Å². The summed E-state index contributed by atoms with van der Waals surface area (Å²) in [6.07, 6.45) is -0.644. The Morgan fingerprint density at radius 3 is 2.67 bits per heavy atom. The number of aromatic nitrogens is 2. The fourth-order valence-corrected chi connectivity index (χ4v) is 2.39. The van der Waals surface area contributed by atoms with Crippen LogP contribution in [0.1, 0.15) is 35.6 Å². The van der Waals surface area contributed by atoms with Crippen molar-refractivity contribution in [1.82, 2.24) is 15.1 Å². The molecule has 1 fully saturated rings. The smallest absolute Gasteiger partial charge is 0.316 e. The average Bonchev–Trinajstić information content (AvgIpc) is 3.16.